The van der Waals surface area contributed by atoms with E-state index in [1.165, 1.54) is 12.8 Å². The van der Waals surface area contributed by atoms with E-state index in [0.717, 1.165) is 40.6 Å². The van der Waals surface area contributed by atoms with Crippen LogP contribution in [0.15, 0.2) is 24.3 Å². The van der Waals surface area contributed by atoms with E-state index in [-0.39, 0.29) is 0 Å². The van der Waals surface area contributed by atoms with Crippen LogP contribution in [-0.4, -0.2) is 11.5 Å². The molecule has 0 saturated carbocycles. The van der Waals surface area contributed by atoms with Gasteiger partial charge in [0.2, 0.25) is 0 Å². The lowest BCUT2D eigenvalue weighted by atomic mass is 10.1. The van der Waals surface area contributed by atoms with Gasteiger partial charge in [0.05, 0.1) is 5.02 Å². The van der Waals surface area contributed by atoms with E-state index in [0.29, 0.717) is 0 Å². The standard InChI is InChI=1S/C15H21ClN2/c1-11(2)6-5-9-17-10-14-15(16)12-7-3-4-8-13(12)18-14/h3-4,7-8,11,17-18H,5-6,9-10H2,1-2H3. The van der Waals surface area contributed by atoms with E-state index < -0.39 is 0 Å². The topological polar surface area (TPSA) is 27.8 Å². The highest BCUT2D eigenvalue weighted by atomic mass is 35.5. The van der Waals surface area contributed by atoms with Crippen molar-refractivity contribution in [2.75, 3.05) is 6.54 Å². The fraction of sp³-hybridized carbons (Fsp3) is 0.467. The van der Waals surface area contributed by atoms with Gasteiger partial charge in [0.1, 0.15) is 0 Å². The van der Waals surface area contributed by atoms with Gasteiger partial charge in [-0.15, -0.1) is 0 Å². The summed E-state index contributed by atoms with van der Waals surface area (Å²) in [4.78, 5) is 3.37. The Morgan fingerprint density at radius 3 is 2.78 bits per heavy atom. The maximum Gasteiger partial charge on any atom is 0.0705 e. The van der Waals surface area contributed by atoms with Crippen LogP contribution >= 0.6 is 11.6 Å². The quantitative estimate of drug-likeness (QED) is 0.746. The Hall–Kier alpha value is -0.990. The van der Waals surface area contributed by atoms with Crippen molar-refractivity contribution >= 4 is 22.5 Å². The van der Waals surface area contributed by atoms with Crippen LogP contribution < -0.4 is 5.32 Å². The van der Waals surface area contributed by atoms with Crippen LogP contribution in [-0.2, 0) is 6.54 Å². The minimum atomic E-state index is 0.781. The van der Waals surface area contributed by atoms with Gasteiger partial charge in [-0.05, 0) is 31.4 Å². The molecule has 0 bridgehead atoms. The van der Waals surface area contributed by atoms with E-state index in [4.69, 9.17) is 11.6 Å². The summed E-state index contributed by atoms with van der Waals surface area (Å²) in [5, 5.41) is 5.40. The zero-order valence-electron chi connectivity index (χ0n) is 11.1. The van der Waals surface area contributed by atoms with Gasteiger partial charge in [0.15, 0.2) is 0 Å². The van der Waals surface area contributed by atoms with E-state index >= 15 is 0 Å². The maximum absolute atomic E-state index is 6.35. The van der Waals surface area contributed by atoms with Gasteiger partial charge in [-0.2, -0.15) is 0 Å². The first-order valence-corrected chi connectivity index (χ1v) is 7.02. The van der Waals surface area contributed by atoms with Crippen molar-refractivity contribution in [1.29, 1.82) is 0 Å². The van der Waals surface area contributed by atoms with Gasteiger partial charge in [-0.25, -0.2) is 0 Å². The molecule has 2 nitrogen and oxygen atoms in total. The molecule has 1 heterocycles. The van der Waals surface area contributed by atoms with Crippen molar-refractivity contribution in [3.05, 3.63) is 35.0 Å². The summed E-state index contributed by atoms with van der Waals surface area (Å²) in [6.07, 6.45) is 2.49. The van der Waals surface area contributed by atoms with Crippen molar-refractivity contribution in [3.63, 3.8) is 0 Å². The molecule has 0 saturated heterocycles. The SMILES string of the molecule is CC(C)CCCNCc1[nH]c2ccccc2c1Cl. The van der Waals surface area contributed by atoms with Crippen LogP contribution in [0, 0.1) is 5.92 Å². The van der Waals surface area contributed by atoms with Crippen molar-refractivity contribution in [2.24, 2.45) is 5.92 Å². The first-order chi connectivity index (χ1) is 8.68. The van der Waals surface area contributed by atoms with E-state index in [2.05, 4.69) is 36.3 Å². The third kappa shape index (κ3) is 3.27. The normalized spacial score (nSPS) is 11.6. The van der Waals surface area contributed by atoms with Crippen molar-refractivity contribution < 1.29 is 0 Å². The first-order valence-electron chi connectivity index (χ1n) is 6.64. The Morgan fingerprint density at radius 1 is 1.28 bits per heavy atom. The molecule has 3 heteroatoms. The Bertz CT molecular complexity index is 502. The average Bonchev–Trinajstić information content (AvgIpc) is 2.66. The smallest absolute Gasteiger partial charge is 0.0705 e. The third-order valence-electron chi connectivity index (χ3n) is 3.15. The fourth-order valence-electron chi connectivity index (χ4n) is 2.13. The predicted molar refractivity (Wildman–Crippen MR) is 79.1 cm³/mol. The molecule has 0 unspecified atom stereocenters. The molecule has 0 atom stereocenters. The summed E-state index contributed by atoms with van der Waals surface area (Å²) in [7, 11) is 0. The molecule has 1 aromatic carbocycles. The Kier molecular flexibility index (Phi) is 4.67. The lowest BCUT2D eigenvalue weighted by molar-refractivity contribution is 0.526. The van der Waals surface area contributed by atoms with E-state index in [1.807, 2.05) is 12.1 Å². The van der Waals surface area contributed by atoms with Crippen molar-refractivity contribution in [1.82, 2.24) is 10.3 Å². The summed E-state index contributed by atoms with van der Waals surface area (Å²) in [5.74, 6) is 0.781. The number of aromatic amines is 1. The second kappa shape index (κ2) is 6.26. The molecule has 0 aliphatic rings. The summed E-state index contributed by atoms with van der Waals surface area (Å²) in [6, 6.07) is 8.15. The number of hydrogen-bond donors (Lipinski definition) is 2. The molecule has 0 spiro atoms. The van der Waals surface area contributed by atoms with Crippen LogP contribution in [0.3, 0.4) is 0 Å². The minimum Gasteiger partial charge on any atom is -0.356 e. The lowest BCUT2D eigenvalue weighted by Gasteiger charge is -2.06. The van der Waals surface area contributed by atoms with Crippen LogP contribution in [0.2, 0.25) is 5.02 Å². The molecule has 0 fully saturated rings. The first kappa shape index (κ1) is 13.4. The minimum absolute atomic E-state index is 0.781. The zero-order valence-corrected chi connectivity index (χ0v) is 11.8. The predicted octanol–water partition coefficient (Wildman–Crippen LogP) is 4.35. The highest BCUT2D eigenvalue weighted by Gasteiger charge is 2.07. The Labute approximate surface area is 114 Å². The molecule has 2 aromatic rings. The van der Waals surface area contributed by atoms with Crippen LogP contribution in [0.5, 0.6) is 0 Å². The molecule has 2 N–H and O–H groups in total. The number of H-pyrrole nitrogens is 1. The van der Waals surface area contributed by atoms with Gasteiger partial charge < -0.3 is 10.3 Å². The van der Waals surface area contributed by atoms with Crippen molar-refractivity contribution in [2.45, 2.75) is 33.2 Å². The molecule has 1 aromatic heterocycles. The number of benzene rings is 1. The molecule has 0 aliphatic heterocycles. The second-order valence-electron chi connectivity index (χ2n) is 5.18. The number of fused-ring (bicyclic) bond motifs is 1. The zero-order chi connectivity index (χ0) is 13.0. The number of halogens is 1. The van der Waals surface area contributed by atoms with Gasteiger partial charge in [-0.3, -0.25) is 0 Å². The van der Waals surface area contributed by atoms with Gasteiger partial charge in [-0.1, -0.05) is 43.6 Å². The van der Waals surface area contributed by atoms with Crippen molar-refractivity contribution in [3.8, 4) is 0 Å². The fourth-order valence-corrected chi connectivity index (χ4v) is 2.41. The van der Waals surface area contributed by atoms with Crippen LogP contribution in [0.25, 0.3) is 10.9 Å². The third-order valence-corrected chi connectivity index (χ3v) is 3.58. The number of hydrogen-bond acceptors (Lipinski definition) is 1. The number of rotatable bonds is 6. The number of aromatic nitrogens is 1. The van der Waals surface area contributed by atoms with Gasteiger partial charge in [0, 0.05) is 23.1 Å². The number of para-hydroxylation sites is 1. The van der Waals surface area contributed by atoms with Crippen LogP contribution in [0.1, 0.15) is 32.4 Å². The Balaban J connectivity index is 1.90. The number of nitrogens with one attached hydrogen (secondary N) is 2. The second-order valence-corrected chi connectivity index (χ2v) is 5.55. The molecule has 0 aliphatic carbocycles. The summed E-state index contributed by atoms with van der Waals surface area (Å²) < 4.78 is 0. The molecule has 2 rings (SSSR count). The summed E-state index contributed by atoms with van der Waals surface area (Å²) in [5.41, 5.74) is 2.20. The molecular weight excluding hydrogens is 244 g/mol. The largest absolute Gasteiger partial charge is 0.356 e. The summed E-state index contributed by atoms with van der Waals surface area (Å²) in [6.45, 7) is 6.37. The monoisotopic (exact) mass is 264 g/mol. The highest BCUT2D eigenvalue weighted by molar-refractivity contribution is 6.36. The molecular formula is C15H21ClN2. The Morgan fingerprint density at radius 2 is 2.06 bits per heavy atom. The highest BCUT2D eigenvalue weighted by Crippen LogP contribution is 2.26. The van der Waals surface area contributed by atoms with E-state index in [1.54, 1.807) is 0 Å². The molecule has 0 radical (unpaired) electrons. The van der Waals surface area contributed by atoms with Gasteiger partial charge in [0.25, 0.3) is 0 Å². The molecule has 18 heavy (non-hydrogen) atoms. The maximum atomic E-state index is 6.35. The molecule has 0 amide bonds. The summed E-state index contributed by atoms with van der Waals surface area (Å²) >= 11 is 6.35. The molecule has 98 valence electrons. The lowest BCUT2D eigenvalue weighted by Crippen LogP contribution is -2.15. The van der Waals surface area contributed by atoms with Crippen LogP contribution in [0.4, 0.5) is 0 Å². The van der Waals surface area contributed by atoms with Gasteiger partial charge >= 0.3 is 0 Å². The van der Waals surface area contributed by atoms with E-state index in [9.17, 15) is 0 Å². The average molecular weight is 265 g/mol.